The molecule has 0 fully saturated rings. The maximum Gasteiger partial charge on any atom is 0.00975 e. The van der Waals surface area contributed by atoms with E-state index in [2.05, 4.69) is 32.7 Å². The van der Waals surface area contributed by atoms with E-state index < -0.39 is 0 Å². The molecule has 0 aliphatic carbocycles. The normalized spacial score (nSPS) is 12.5. The molecule has 0 saturated heterocycles. The summed E-state index contributed by atoms with van der Waals surface area (Å²) in [6.07, 6.45) is 3.56. The molecule has 2 nitrogen and oxygen atoms in total. The van der Waals surface area contributed by atoms with E-state index >= 15 is 0 Å². The van der Waals surface area contributed by atoms with E-state index in [1.54, 1.807) is 0 Å². The van der Waals surface area contributed by atoms with Crippen LogP contribution in [0.25, 0.3) is 0 Å². The molecular formula is C10H24N2. The first kappa shape index (κ1) is 11.9. The minimum Gasteiger partial charge on any atom is -0.326 e. The summed E-state index contributed by atoms with van der Waals surface area (Å²) in [4.78, 5) is 2.37. The van der Waals surface area contributed by atoms with Crippen LogP contribution in [-0.2, 0) is 0 Å². The van der Waals surface area contributed by atoms with Crippen LogP contribution in [0.2, 0.25) is 0 Å². The largest absolute Gasteiger partial charge is 0.326 e. The zero-order valence-electron chi connectivity index (χ0n) is 9.06. The van der Waals surface area contributed by atoms with Crippen LogP contribution in [0.3, 0.4) is 0 Å². The van der Waals surface area contributed by atoms with Crippen LogP contribution in [0.5, 0.6) is 0 Å². The average molecular weight is 172 g/mol. The number of hydrogen-bond acceptors (Lipinski definition) is 2. The van der Waals surface area contributed by atoms with Crippen LogP contribution in [0, 0.1) is 0 Å². The lowest BCUT2D eigenvalue weighted by molar-refractivity contribution is 0.310. The van der Waals surface area contributed by atoms with E-state index in [0.717, 1.165) is 6.42 Å². The SMILES string of the molecule is CCCN(C)CCCC(C)(C)N. The van der Waals surface area contributed by atoms with Crippen LogP contribution < -0.4 is 5.73 Å². The average Bonchev–Trinajstić information content (AvgIpc) is 1.84. The van der Waals surface area contributed by atoms with Gasteiger partial charge in [0.05, 0.1) is 0 Å². The van der Waals surface area contributed by atoms with Gasteiger partial charge in [-0.25, -0.2) is 0 Å². The molecule has 0 aliphatic heterocycles. The second-order valence-corrected chi connectivity index (χ2v) is 4.40. The molecule has 0 saturated carbocycles. The molecule has 0 aromatic rings. The van der Waals surface area contributed by atoms with Crippen molar-refractivity contribution >= 4 is 0 Å². The van der Waals surface area contributed by atoms with Crippen molar-refractivity contribution in [2.24, 2.45) is 5.73 Å². The molecule has 0 heterocycles. The van der Waals surface area contributed by atoms with Crippen molar-refractivity contribution in [1.82, 2.24) is 4.90 Å². The maximum absolute atomic E-state index is 5.88. The topological polar surface area (TPSA) is 29.3 Å². The van der Waals surface area contributed by atoms with Gasteiger partial charge in [0, 0.05) is 5.54 Å². The van der Waals surface area contributed by atoms with Crippen molar-refractivity contribution < 1.29 is 0 Å². The summed E-state index contributed by atoms with van der Waals surface area (Å²) in [7, 11) is 2.17. The van der Waals surface area contributed by atoms with E-state index in [1.165, 1.54) is 25.9 Å². The van der Waals surface area contributed by atoms with Crippen LogP contribution >= 0.6 is 0 Å². The Kier molecular flexibility index (Phi) is 5.51. The monoisotopic (exact) mass is 172 g/mol. The molecule has 0 aliphatic rings. The van der Waals surface area contributed by atoms with Gasteiger partial charge in [-0.05, 0) is 53.2 Å². The van der Waals surface area contributed by atoms with Crippen molar-refractivity contribution in [2.75, 3.05) is 20.1 Å². The number of hydrogen-bond donors (Lipinski definition) is 1. The first-order chi connectivity index (χ1) is 5.45. The third-order valence-electron chi connectivity index (χ3n) is 1.97. The van der Waals surface area contributed by atoms with E-state index in [0.29, 0.717) is 0 Å². The van der Waals surface area contributed by atoms with Gasteiger partial charge in [-0.15, -0.1) is 0 Å². The fourth-order valence-electron chi connectivity index (χ4n) is 1.30. The van der Waals surface area contributed by atoms with E-state index in [-0.39, 0.29) is 5.54 Å². The molecule has 0 bridgehead atoms. The highest BCUT2D eigenvalue weighted by Gasteiger charge is 2.09. The van der Waals surface area contributed by atoms with Gasteiger partial charge in [0.2, 0.25) is 0 Å². The highest BCUT2D eigenvalue weighted by molar-refractivity contribution is 4.71. The Morgan fingerprint density at radius 3 is 2.25 bits per heavy atom. The van der Waals surface area contributed by atoms with Gasteiger partial charge in [0.25, 0.3) is 0 Å². The van der Waals surface area contributed by atoms with E-state index in [1.807, 2.05) is 0 Å². The smallest absolute Gasteiger partial charge is 0.00975 e. The Labute approximate surface area is 77.1 Å². The lowest BCUT2D eigenvalue weighted by Gasteiger charge is -2.21. The molecule has 0 atom stereocenters. The third kappa shape index (κ3) is 8.02. The van der Waals surface area contributed by atoms with Gasteiger partial charge in [0.15, 0.2) is 0 Å². The van der Waals surface area contributed by atoms with Crippen LogP contribution in [0.1, 0.15) is 40.0 Å². The van der Waals surface area contributed by atoms with Crippen LogP contribution in [-0.4, -0.2) is 30.6 Å². The first-order valence-corrected chi connectivity index (χ1v) is 4.93. The van der Waals surface area contributed by atoms with Gasteiger partial charge < -0.3 is 10.6 Å². The highest BCUT2D eigenvalue weighted by atomic mass is 15.1. The Morgan fingerprint density at radius 1 is 1.25 bits per heavy atom. The molecule has 74 valence electrons. The lowest BCUT2D eigenvalue weighted by Crippen LogP contribution is -2.33. The molecule has 0 rings (SSSR count). The number of nitrogens with zero attached hydrogens (tertiary/aromatic N) is 1. The summed E-state index contributed by atoms with van der Waals surface area (Å²) < 4.78 is 0. The Bertz CT molecular complexity index is 105. The lowest BCUT2D eigenvalue weighted by atomic mass is 10.0. The summed E-state index contributed by atoms with van der Waals surface area (Å²) in [5.41, 5.74) is 5.88. The Balaban J connectivity index is 3.31. The van der Waals surface area contributed by atoms with Crippen molar-refractivity contribution in [1.29, 1.82) is 0 Å². The maximum atomic E-state index is 5.88. The Hall–Kier alpha value is -0.0800. The molecule has 0 aromatic heterocycles. The van der Waals surface area contributed by atoms with Crippen LogP contribution in [0.15, 0.2) is 0 Å². The van der Waals surface area contributed by atoms with Gasteiger partial charge in [-0.3, -0.25) is 0 Å². The predicted octanol–water partition coefficient (Wildman–Crippen LogP) is 1.85. The molecule has 0 spiro atoms. The second-order valence-electron chi connectivity index (χ2n) is 4.40. The zero-order chi connectivity index (χ0) is 9.61. The number of rotatable bonds is 6. The van der Waals surface area contributed by atoms with Crippen molar-refractivity contribution in [3.8, 4) is 0 Å². The quantitative estimate of drug-likeness (QED) is 0.662. The minimum atomic E-state index is 0.00700. The standard InChI is InChI=1S/C10H24N2/c1-5-8-12(4)9-6-7-10(2,3)11/h5-9,11H2,1-4H3. The minimum absolute atomic E-state index is 0.00700. The van der Waals surface area contributed by atoms with E-state index in [9.17, 15) is 0 Å². The molecule has 0 radical (unpaired) electrons. The summed E-state index contributed by atoms with van der Waals surface area (Å²) in [5, 5.41) is 0. The summed E-state index contributed by atoms with van der Waals surface area (Å²) in [6.45, 7) is 8.77. The molecule has 12 heavy (non-hydrogen) atoms. The summed E-state index contributed by atoms with van der Waals surface area (Å²) in [6, 6.07) is 0. The first-order valence-electron chi connectivity index (χ1n) is 4.93. The Morgan fingerprint density at radius 2 is 1.83 bits per heavy atom. The van der Waals surface area contributed by atoms with Crippen molar-refractivity contribution in [3.63, 3.8) is 0 Å². The van der Waals surface area contributed by atoms with Gasteiger partial charge in [-0.1, -0.05) is 6.92 Å². The summed E-state index contributed by atoms with van der Waals surface area (Å²) >= 11 is 0. The zero-order valence-corrected chi connectivity index (χ0v) is 9.06. The fourth-order valence-corrected chi connectivity index (χ4v) is 1.30. The van der Waals surface area contributed by atoms with E-state index in [4.69, 9.17) is 5.73 Å². The molecule has 0 amide bonds. The molecule has 0 unspecified atom stereocenters. The molecular weight excluding hydrogens is 148 g/mol. The third-order valence-corrected chi connectivity index (χ3v) is 1.97. The van der Waals surface area contributed by atoms with Gasteiger partial charge in [0.1, 0.15) is 0 Å². The summed E-state index contributed by atoms with van der Waals surface area (Å²) in [5.74, 6) is 0. The number of nitrogens with two attached hydrogens (primary N) is 1. The van der Waals surface area contributed by atoms with Crippen molar-refractivity contribution in [3.05, 3.63) is 0 Å². The fraction of sp³-hybridized carbons (Fsp3) is 1.00. The second kappa shape index (κ2) is 5.55. The molecule has 2 N–H and O–H groups in total. The van der Waals surface area contributed by atoms with Gasteiger partial charge >= 0.3 is 0 Å². The highest BCUT2D eigenvalue weighted by Crippen LogP contribution is 2.07. The predicted molar refractivity (Wildman–Crippen MR) is 55.3 cm³/mol. The van der Waals surface area contributed by atoms with Gasteiger partial charge in [-0.2, -0.15) is 0 Å². The van der Waals surface area contributed by atoms with Crippen molar-refractivity contribution in [2.45, 2.75) is 45.6 Å². The van der Waals surface area contributed by atoms with Crippen LogP contribution in [0.4, 0.5) is 0 Å². The molecule has 2 heteroatoms. The molecule has 0 aromatic carbocycles.